The number of hydrogen-bond acceptors (Lipinski definition) is 5. The van der Waals surface area contributed by atoms with Gasteiger partial charge < -0.3 is 19.6 Å². The predicted octanol–water partition coefficient (Wildman–Crippen LogP) is 4.68. The minimum Gasteiger partial charge on any atom is -0.495 e. The first kappa shape index (κ1) is 15.5. The molecule has 0 unspecified atom stereocenters. The fourth-order valence-corrected chi connectivity index (χ4v) is 3.61. The molecule has 0 amide bonds. The molecule has 25 heavy (non-hydrogen) atoms. The van der Waals surface area contributed by atoms with Crippen LogP contribution in [0.3, 0.4) is 0 Å². The lowest BCUT2D eigenvalue weighted by atomic mass is 10.1. The molecule has 0 saturated heterocycles. The van der Waals surface area contributed by atoms with Crippen molar-refractivity contribution in [3.63, 3.8) is 0 Å². The molecule has 0 aliphatic carbocycles. The Morgan fingerprint density at radius 3 is 2.56 bits per heavy atom. The minimum atomic E-state index is 0.163. The van der Waals surface area contributed by atoms with Crippen molar-refractivity contribution in [2.24, 2.45) is 0 Å². The predicted molar refractivity (Wildman–Crippen MR) is 99.6 cm³/mol. The van der Waals surface area contributed by atoms with E-state index in [0.29, 0.717) is 11.5 Å². The number of rotatable bonds is 4. The first-order chi connectivity index (χ1) is 12.2. The molecule has 4 aromatic rings. The lowest BCUT2D eigenvalue weighted by molar-refractivity contribution is 0.355. The second kappa shape index (κ2) is 6.14. The Bertz CT molecular complexity index is 1050. The number of benzene rings is 2. The molecule has 5 nitrogen and oxygen atoms in total. The molecule has 6 heteroatoms. The van der Waals surface area contributed by atoms with Crippen molar-refractivity contribution in [3.05, 3.63) is 47.8 Å². The lowest BCUT2D eigenvalue weighted by Crippen LogP contribution is -1.90. The maximum Gasteiger partial charge on any atom is 0.189 e. The Morgan fingerprint density at radius 2 is 1.76 bits per heavy atom. The second-order valence-corrected chi connectivity index (χ2v) is 6.42. The lowest BCUT2D eigenvalue weighted by Gasteiger charge is -2.08. The van der Waals surface area contributed by atoms with E-state index in [9.17, 15) is 5.11 Å². The fraction of sp³-hybridized carbons (Fsp3) is 0.105. The van der Waals surface area contributed by atoms with E-state index in [0.717, 1.165) is 32.7 Å². The topological polar surface area (TPSA) is 67.4 Å². The smallest absolute Gasteiger partial charge is 0.189 e. The van der Waals surface area contributed by atoms with Crippen LogP contribution in [0.5, 0.6) is 17.4 Å². The SMILES string of the molecule is COc1ccc(-c2nc(-c3ccc4[nH]c(O)cc4c3)cs2)cc1OC. The van der Waals surface area contributed by atoms with Crippen molar-refractivity contribution >= 4 is 22.2 Å². The largest absolute Gasteiger partial charge is 0.495 e. The van der Waals surface area contributed by atoms with Crippen molar-refractivity contribution in [1.29, 1.82) is 0 Å². The Morgan fingerprint density at radius 1 is 0.960 bits per heavy atom. The normalized spacial score (nSPS) is 11.0. The highest BCUT2D eigenvalue weighted by molar-refractivity contribution is 7.13. The number of thiazole rings is 1. The standard InChI is InChI=1S/C19H16N2O3S/c1-23-16-6-4-12(8-17(16)24-2)19-21-15(10-25-19)11-3-5-14-13(7-11)9-18(22)20-14/h3-10,20,22H,1-2H3. The molecule has 0 spiro atoms. The average Bonchev–Trinajstić information content (AvgIpc) is 3.26. The number of aromatic amines is 1. The van der Waals surface area contributed by atoms with Crippen molar-refractivity contribution in [2.45, 2.75) is 0 Å². The third-order valence-electron chi connectivity index (χ3n) is 4.04. The van der Waals surface area contributed by atoms with Gasteiger partial charge in [-0.25, -0.2) is 4.98 Å². The van der Waals surface area contributed by atoms with Gasteiger partial charge in [0.05, 0.1) is 19.9 Å². The highest BCUT2D eigenvalue weighted by Gasteiger charge is 2.11. The number of ether oxygens (including phenoxy) is 2. The van der Waals surface area contributed by atoms with Crippen LogP contribution in [0.15, 0.2) is 47.8 Å². The first-order valence-electron chi connectivity index (χ1n) is 7.68. The molecule has 0 aliphatic rings. The number of nitrogens with one attached hydrogen (secondary N) is 1. The zero-order chi connectivity index (χ0) is 17.4. The van der Waals surface area contributed by atoms with Crippen LogP contribution in [-0.2, 0) is 0 Å². The molecule has 0 saturated carbocycles. The molecule has 0 radical (unpaired) electrons. The van der Waals surface area contributed by atoms with Crippen LogP contribution in [0.1, 0.15) is 0 Å². The summed E-state index contributed by atoms with van der Waals surface area (Å²) >= 11 is 1.58. The fourth-order valence-electron chi connectivity index (χ4n) is 2.78. The molecule has 2 aromatic heterocycles. The van der Waals surface area contributed by atoms with E-state index in [4.69, 9.17) is 14.5 Å². The van der Waals surface area contributed by atoms with E-state index in [1.54, 1.807) is 31.6 Å². The van der Waals surface area contributed by atoms with E-state index in [1.807, 2.05) is 41.8 Å². The Hall–Kier alpha value is -2.99. The van der Waals surface area contributed by atoms with Crippen LogP contribution in [-0.4, -0.2) is 29.3 Å². The number of nitrogens with zero attached hydrogens (tertiary/aromatic N) is 1. The molecular weight excluding hydrogens is 336 g/mol. The van der Waals surface area contributed by atoms with E-state index in [1.165, 1.54) is 0 Å². The van der Waals surface area contributed by atoms with Gasteiger partial charge in [-0.1, -0.05) is 6.07 Å². The molecule has 0 bridgehead atoms. The Labute approximate surface area is 148 Å². The Balaban J connectivity index is 1.71. The maximum atomic E-state index is 9.57. The summed E-state index contributed by atoms with van der Waals surface area (Å²) in [5.41, 5.74) is 3.79. The Kier molecular flexibility index (Phi) is 3.82. The number of aromatic hydroxyl groups is 1. The molecule has 0 aliphatic heterocycles. The van der Waals surface area contributed by atoms with E-state index in [-0.39, 0.29) is 5.88 Å². The number of H-pyrrole nitrogens is 1. The van der Waals surface area contributed by atoms with Crippen molar-refractivity contribution in [3.8, 4) is 39.2 Å². The van der Waals surface area contributed by atoms with Crippen LogP contribution in [0, 0.1) is 0 Å². The summed E-state index contributed by atoms with van der Waals surface area (Å²) in [6, 6.07) is 13.4. The van der Waals surface area contributed by atoms with Gasteiger partial charge in [-0.2, -0.15) is 0 Å². The van der Waals surface area contributed by atoms with Crippen LogP contribution in [0.4, 0.5) is 0 Å². The molecule has 2 N–H and O–H groups in total. The van der Waals surface area contributed by atoms with Crippen molar-refractivity contribution < 1.29 is 14.6 Å². The van der Waals surface area contributed by atoms with Gasteiger partial charge >= 0.3 is 0 Å². The third-order valence-corrected chi connectivity index (χ3v) is 4.93. The van der Waals surface area contributed by atoms with Gasteiger partial charge in [-0.3, -0.25) is 0 Å². The summed E-state index contributed by atoms with van der Waals surface area (Å²) in [5.74, 6) is 1.54. The van der Waals surface area contributed by atoms with Gasteiger partial charge in [-0.05, 0) is 30.3 Å². The van der Waals surface area contributed by atoms with Crippen LogP contribution in [0.25, 0.3) is 32.7 Å². The van der Waals surface area contributed by atoms with Gasteiger partial charge in [0.15, 0.2) is 17.4 Å². The van der Waals surface area contributed by atoms with Crippen LogP contribution >= 0.6 is 11.3 Å². The zero-order valence-corrected chi connectivity index (χ0v) is 14.6. The number of methoxy groups -OCH3 is 2. The van der Waals surface area contributed by atoms with E-state index in [2.05, 4.69) is 4.98 Å². The number of aromatic nitrogens is 2. The number of fused-ring (bicyclic) bond motifs is 1. The highest BCUT2D eigenvalue weighted by Crippen LogP contribution is 2.35. The summed E-state index contributed by atoms with van der Waals surface area (Å²) < 4.78 is 10.6. The molecule has 0 fully saturated rings. The molecule has 0 atom stereocenters. The van der Waals surface area contributed by atoms with Gasteiger partial charge in [0.1, 0.15) is 5.01 Å². The molecule has 4 rings (SSSR count). The monoisotopic (exact) mass is 352 g/mol. The van der Waals surface area contributed by atoms with E-state index >= 15 is 0 Å². The van der Waals surface area contributed by atoms with Crippen LogP contribution in [0.2, 0.25) is 0 Å². The first-order valence-corrected chi connectivity index (χ1v) is 8.56. The maximum absolute atomic E-state index is 9.57. The van der Waals surface area contributed by atoms with Crippen LogP contribution < -0.4 is 9.47 Å². The molecule has 2 aromatic carbocycles. The molecular formula is C19H16N2O3S. The second-order valence-electron chi connectivity index (χ2n) is 5.56. The van der Waals surface area contributed by atoms with E-state index < -0.39 is 0 Å². The van der Waals surface area contributed by atoms with Crippen molar-refractivity contribution in [1.82, 2.24) is 9.97 Å². The van der Waals surface area contributed by atoms with Gasteiger partial charge in [0, 0.05) is 33.5 Å². The van der Waals surface area contributed by atoms with Gasteiger partial charge in [-0.15, -0.1) is 11.3 Å². The molecule has 2 heterocycles. The molecule has 126 valence electrons. The summed E-state index contributed by atoms with van der Waals surface area (Å²) in [4.78, 5) is 7.65. The zero-order valence-electron chi connectivity index (χ0n) is 13.7. The quantitative estimate of drug-likeness (QED) is 0.559. The third kappa shape index (κ3) is 2.81. The van der Waals surface area contributed by atoms with Crippen molar-refractivity contribution in [2.75, 3.05) is 14.2 Å². The summed E-state index contributed by atoms with van der Waals surface area (Å²) in [7, 11) is 3.24. The average molecular weight is 352 g/mol. The summed E-state index contributed by atoms with van der Waals surface area (Å²) in [6.07, 6.45) is 0. The minimum absolute atomic E-state index is 0.163. The highest BCUT2D eigenvalue weighted by atomic mass is 32.1. The summed E-state index contributed by atoms with van der Waals surface area (Å²) in [5, 5.41) is 13.5. The summed E-state index contributed by atoms with van der Waals surface area (Å²) in [6.45, 7) is 0. The number of hydrogen-bond donors (Lipinski definition) is 2. The van der Waals surface area contributed by atoms with Gasteiger partial charge in [0.2, 0.25) is 0 Å². The van der Waals surface area contributed by atoms with Gasteiger partial charge in [0.25, 0.3) is 0 Å².